The van der Waals surface area contributed by atoms with Crippen molar-refractivity contribution in [3.63, 3.8) is 0 Å². The second-order valence-electron chi connectivity index (χ2n) is 12.8. The van der Waals surface area contributed by atoms with Gasteiger partial charge < -0.3 is 9.80 Å². The van der Waals surface area contributed by atoms with Gasteiger partial charge in [0.2, 0.25) is 0 Å². The molecule has 0 N–H and O–H groups in total. The third kappa shape index (κ3) is 12.1. The van der Waals surface area contributed by atoms with Crippen LogP contribution in [0.5, 0.6) is 0 Å². The monoisotopic (exact) mass is 924 g/mol. The zero-order chi connectivity index (χ0) is 37.6. The summed E-state index contributed by atoms with van der Waals surface area (Å²) in [7, 11) is 14.1. The van der Waals surface area contributed by atoms with Crippen LogP contribution in [0.1, 0.15) is 58.2 Å². The molecule has 2 aliphatic heterocycles. The molecule has 5 aromatic carbocycles. The Hall–Kier alpha value is -1.36. The van der Waals surface area contributed by atoms with Gasteiger partial charge in [0.1, 0.15) is 0 Å². The molecule has 7 rings (SSSR count). The first kappa shape index (κ1) is 47.0. The van der Waals surface area contributed by atoms with Gasteiger partial charge >= 0.3 is 0 Å². The minimum absolute atomic E-state index is 0. The summed E-state index contributed by atoms with van der Waals surface area (Å²) >= 11 is 27.2. The molecule has 0 saturated heterocycles. The van der Waals surface area contributed by atoms with E-state index in [4.69, 9.17) is 57.1 Å². The summed E-state index contributed by atoms with van der Waals surface area (Å²) in [6.45, 7) is 3.31. The van der Waals surface area contributed by atoms with E-state index in [2.05, 4.69) is 99.2 Å². The normalized spacial score (nSPS) is 16.5. The number of nitrogens with zero attached hydrogens (tertiary/aromatic N) is 2. The topological polar surface area (TPSA) is 40.6 Å². The van der Waals surface area contributed by atoms with Gasteiger partial charge in [-0.25, -0.2) is 8.42 Å². The molecule has 54 heavy (non-hydrogen) atoms. The van der Waals surface area contributed by atoms with E-state index >= 15 is 0 Å². The lowest BCUT2D eigenvalue weighted by atomic mass is 9.85. The van der Waals surface area contributed by atoms with Gasteiger partial charge in [0.15, 0.2) is 0 Å². The SMILES string of the molecule is C.CN1Cc2c(Cl)cc(Cl)cc2C(c2cccc(S(=O)(=O)Cl)c2)C1.CN1Cc2c(Cl)cc(Cl)cc2C(c2cccc(SCc3ccccc3)c2)C1.Cl.ClCl. The minimum Gasteiger partial charge on any atom is -0.301 e. The summed E-state index contributed by atoms with van der Waals surface area (Å²) in [6, 6.07) is 33.7. The molecule has 0 spiro atoms. The minimum atomic E-state index is -3.76. The largest absolute Gasteiger partial charge is 0.301 e. The molecule has 2 atom stereocenters. The van der Waals surface area contributed by atoms with E-state index < -0.39 is 9.05 Å². The van der Waals surface area contributed by atoms with Gasteiger partial charge in [-0.1, -0.05) is 108 Å². The Balaban J connectivity index is 0.000000271. The van der Waals surface area contributed by atoms with Crippen LogP contribution in [-0.2, 0) is 27.9 Å². The Morgan fingerprint density at radius 1 is 0.667 bits per heavy atom. The van der Waals surface area contributed by atoms with E-state index in [1.54, 1.807) is 18.2 Å². The van der Waals surface area contributed by atoms with E-state index in [9.17, 15) is 8.42 Å². The number of fused-ring (bicyclic) bond motifs is 2. The van der Waals surface area contributed by atoms with Crippen LogP contribution in [0.25, 0.3) is 0 Å². The number of benzene rings is 5. The molecule has 0 bridgehead atoms. The third-order valence-electron chi connectivity index (χ3n) is 9.04. The van der Waals surface area contributed by atoms with Crippen molar-refractivity contribution in [2.24, 2.45) is 0 Å². The smallest absolute Gasteiger partial charge is 0.261 e. The number of hydrogen-bond acceptors (Lipinski definition) is 5. The molecule has 2 unspecified atom stereocenters. The highest BCUT2D eigenvalue weighted by atomic mass is 36.5. The zero-order valence-electron chi connectivity index (χ0n) is 28.6. The molecular formula is C40H40Cl8N2O2S2. The van der Waals surface area contributed by atoms with Gasteiger partial charge in [-0.15, -0.1) is 24.2 Å². The van der Waals surface area contributed by atoms with Crippen LogP contribution >= 0.6 is 103 Å². The van der Waals surface area contributed by atoms with Crippen molar-refractivity contribution in [3.8, 4) is 0 Å². The number of thioether (sulfide) groups is 1. The summed E-state index contributed by atoms with van der Waals surface area (Å²) in [6.07, 6.45) is 0. The first-order valence-electron chi connectivity index (χ1n) is 16.1. The van der Waals surface area contributed by atoms with Crippen molar-refractivity contribution in [1.29, 1.82) is 0 Å². The van der Waals surface area contributed by atoms with Crippen LogP contribution in [0.15, 0.2) is 113 Å². The summed E-state index contributed by atoms with van der Waals surface area (Å²) in [5.41, 5.74) is 8.04. The Labute approximate surface area is 364 Å². The van der Waals surface area contributed by atoms with Crippen molar-refractivity contribution >= 4 is 112 Å². The molecule has 0 aromatic heterocycles. The van der Waals surface area contributed by atoms with Crippen molar-refractivity contribution in [2.75, 3.05) is 27.2 Å². The lowest BCUT2D eigenvalue weighted by Gasteiger charge is -2.33. The average Bonchev–Trinajstić information content (AvgIpc) is 3.12. The number of hydrogen-bond donors (Lipinski definition) is 0. The highest BCUT2D eigenvalue weighted by Gasteiger charge is 2.29. The zero-order valence-corrected chi connectivity index (χ0v) is 36.3. The molecule has 14 heteroatoms. The van der Waals surface area contributed by atoms with E-state index in [1.165, 1.54) is 33.2 Å². The second kappa shape index (κ2) is 21.4. The highest BCUT2D eigenvalue weighted by Crippen LogP contribution is 2.41. The van der Waals surface area contributed by atoms with Gasteiger partial charge in [0.05, 0.1) is 4.90 Å². The fourth-order valence-corrected chi connectivity index (χ4v) is 9.57. The van der Waals surface area contributed by atoms with Gasteiger partial charge in [0, 0.05) is 101 Å². The fraction of sp³-hybridized carbons (Fsp3) is 0.250. The van der Waals surface area contributed by atoms with Gasteiger partial charge in [-0.05, 0) is 102 Å². The van der Waals surface area contributed by atoms with Crippen molar-refractivity contribution < 1.29 is 8.42 Å². The van der Waals surface area contributed by atoms with Gasteiger partial charge in [-0.3, -0.25) is 0 Å². The lowest BCUT2D eigenvalue weighted by molar-refractivity contribution is 0.295. The van der Waals surface area contributed by atoms with Crippen LogP contribution in [0, 0.1) is 0 Å². The predicted molar refractivity (Wildman–Crippen MR) is 237 cm³/mol. The molecular weight excluding hydrogens is 888 g/mol. The van der Waals surface area contributed by atoms with E-state index in [-0.39, 0.29) is 36.6 Å². The quantitative estimate of drug-likeness (QED) is 0.125. The average molecular weight is 929 g/mol. The number of likely N-dealkylation sites (N-methyl/N-ethyl adjacent to an activating group) is 2. The predicted octanol–water partition coefficient (Wildman–Crippen LogP) is 13.8. The van der Waals surface area contributed by atoms with Crippen LogP contribution in [-0.4, -0.2) is 45.4 Å². The summed E-state index contributed by atoms with van der Waals surface area (Å²) in [5, 5.41) is 2.68. The number of halogens is 8. The lowest BCUT2D eigenvalue weighted by Crippen LogP contribution is -2.31. The Bertz CT molecular complexity index is 2120. The van der Waals surface area contributed by atoms with Crippen LogP contribution in [0.3, 0.4) is 0 Å². The molecule has 2 heterocycles. The van der Waals surface area contributed by atoms with Gasteiger partial charge in [0.25, 0.3) is 9.05 Å². The first-order chi connectivity index (χ1) is 24.9. The van der Waals surface area contributed by atoms with Crippen LogP contribution in [0.2, 0.25) is 20.1 Å². The summed E-state index contributed by atoms with van der Waals surface area (Å²) in [5.74, 6) is 1.24. The molecule has 4 nitrogen and oxygen atoms in total. The summed E-state index contributed by atoms with van der Waals surface area (Å²) < 4.78 is 23.2. The Kier molecular flexibility index (Phi) is 18.6. The second-order valence-corrected chi connectivity index (χ2v) is 18.1. The molecule has 0 amide bonds. The third-order valence-corrected chi connectivity index (χ3v) is 12.6. The van der Waals surface area contributed by atoms with Crippen molar-refractivity contribution in [2.45, 2.75) is 47.9 Å². The molecule has 0 fully saturated rings. The van der Waals surface area contributed by atoms with Crippen LogP contribution in [0.4, 0.5) is 0 Å². The first-order valence-corrected chi connectivity index (χ1v) is 22.1. The maximum absolute atomic E-state index is 11.6. The van der Waals surface area contributed by atoms with E-state index in [0.29, 0.717) is 15.1 Å². The van der Waals surface area contributed by atoms with Crippen molar-refractivity contribution in [3.05, 3.63) is 162 Å². The summed E-state index contributed by atoms with van der Waals surface area (Å²) in [4.78, 5) is 5.87. The standard InChI is InChI=1S/C23H21Cl2NS.C16H14Cl3NO2S.CH4.Cl2.ClH/c1-26-13-21(20-11-18(24)12-23(25)22(20)14-26)17-8-5-9-19(10-17)27-15-16-6-3-2-4-7-16;1-20-8-14(10-3-2-4-12(5-10)23(19,21)22)13-6-11(17)7-16(18)15(13)9-20;;1-2;/h2-12,21H,13-15H2,1H3;2-7,14H,8-9H2,1H3;1H4;;1H. The number of rotatable bonds is 6. The van der Waals surface area contributed by atoms with Gasteiger partial charge in [-0.2, -0.15) is 0 Å². The van der Waals surface area contributed by atoms with E-state index in [1.807, 2.05) is 37.0 Å². The Morgan fingerprint density at radius 3 is 1.65 bits per heavy atom. The fourth-order valence-electron chi connectivity index (χ4n) is 6.71. The molecule has 0 radical (unpaired) electrons. The highest BCUT2D eigenvalue weighted by molar-refractivity contribution is 8.13. The Morgan fingerprint density at radius 2 is 1.15 bits per heavy atom. The molecule has 2 aliphatic rings. The molecule has 5 aromatic rings. The van der Waals surface area contributed by atoms with E-state index in [0.717, 1.165) is 53.6 Å². The van der Waals surface area contributed by atoms with Crippen LogP contribution < -0.4 is 0 Å². The molecule has 0 aliphatic carbocycles. The molecule has 0 saturated carbocycles. The molecule has 290 valence electrons. The maximum Gasteiger partial charge on any atom is 0.261 e. The maximum atomic E-state index is 11.6. The van der Waals surface area contributed by atoms with Crippen molar-refractivity contribution in [1.82, 2.24) is 9.80 Å².